The van der Waals surface area contributed by atoms with Gasteiger partial charge in [0.1, 0.15) is 0 Å². The van der Waals surface area contributed by atoms with Crippen molar-refractivity contribution in [1.82, 2.24) is 5.32 Å². The van der Waals surface area contributed by atoms with Gasteiger partial charge in [0.15, 0.2) is 0 Å². The maximum atomic E-state index is 5.34. The van der Waals surface area contributed by atoms with Crippen LogP contribution in [-0.4, -0.2) is 20.7 Å². The van der Waals surface area contributed by atoms with Crippen molar-refractivity contribution in [3.05, 3.63) is 34.3 Å². The summed E-state index contributed by atoms with van der Waals surface area (Å²) in [5, 5.41) is 3.10. The van der Waals surface area contributed by atoms with E-state index in [0.717, 1.165) is 11.0 Å². The van der Waals surface area contributed by atoms with Crippen molar-refractivity contribution in [3.63, 3.8) is 0 Å². The van der Waals surface area contributed by atoms with E-state index >= 15 is 0 Å². The summed E-state index contributed by atoms with van der Waals surface area (Å²) in [6.45, 7) is 0.831. The molecule has 3 heteroatoms. The van der Waals surface area contributed by atoms with Crippen molar-refractivity contribution in [1.29, 1.82) is 0 Å². The van der Waals surface area contributed by atoms with E-state index in [-0.39, 0.29) is 6.10 Å². The highest BCUT2D eigenvalue weighted by Crippen LogP contribution is 2.18. The van der Waals surface area contributed by atoms with E-state index in [1.54, 1.807) is 7.11 Å². The molecule has 0 saturated heterocycles. The number of hydrogen-bond acceptors (Lipinski definition) is 2. The van der Waals surface area contributed by atoms with E-state index in [9.17, 15) is 0 Å². The Kier molecular flexibility index (Phi) is 4.42. The van der Waals surface area contributed by atoms with Gasteiger partial charge in [-0.1, -0.05) is 28.1 Å². The zero-order valence-corrected chi connectivity index (χ0v) is 9.47. The van der Waals surface area contributed by atoms with Gasteiger partial charge in [0.05, 0.1) is 6.10 Å². The first-order valence-electron chi connectivity index (χ1n) is 4.20. The zero-order valence-electron chi connectivity index (χ0n) is 7.88. The maximum Gasteiger partial charge on any atom is 0.0945 e. The molecule has 0 aliphatic rings. The van der Waals surface area contributed by atoms with E-state index < -0.39 is 0 Å². The average molecular weight is 244 g/mol. The Bertz CT molecular complexity index is 248. The van der Waals surface area contributed by atoms with Gasteiger partial charge in [0.25, 0.3) is 0 Å². The van der Waals surface area contributed by atoms with Crippen LogP contribution in [0, 0.1) is 0 Å². The Morgan fingerprint density at radius 1 is 1.38 bits per heavy atom. The molecular weight excluding hydrogens is 230 g/mol. The molecule has 13 heavy (non-hydrogen) atoms. The molecule has 0 amide bonds. The van der Waals surface area contributed by atoms with E-state index in [2.05, 4.69) is 33.4 Å². The first kappa shape index (κ1) is 10.7. The van der Waals surface area contributed by atoms with Crippen molar-refractivity contribution in [2.75, 3.05) is 20.7 Å². The molecule has 1 atom stereocenters. The highest BCUT2D eigenvalue weighted by atomic mass is 79.9. The number of rotatable bonds is 4. The molecule has 0 unspecified atom stereocenters. The standard InChI is InChI=1S/C10H14BrNO/c1-12-7-10(13-2)8-3-5-9(11)6-4-8/h3-6,10,12H,7H2,1-2H3/t10-/m0/s1. The lowest BCUT2D eigenvalue weighted by Crippen LogP contribution is -2.18. The lowest BCUT2D eigenvalue weighted by atomic mass is 10.1. The number of benzene rings is 1. The minimum absolute atomic E-state index is 0.137. The van der Waals surface area contributed by atoms with Crippen LogP contribution in [0.5, 0.6) is 0 Å². The number of halogens is 1. The molecule has 0 aliphatic carbocycles. The molecule has 0 bridgehead atoms. The fourth-order valence-electron chi connectivity index (χ4n) is 1.20. The summed E-state index contributed by atoms with van der Waals surface area (Å²) in [7, 11) is 3.65. The molecule has 0 fully saturated rings. The van der Waals surface area contributed by atoms with Crippen molar-refractivity contribution in [3.8, 4) is 0 Å². The molecule has 1 rings (SSSR count). The Hall–Kier alpha value is -0.380. The molecule has 1 aromatic carbocycles. The summed E-state index contributed by atoms with van der Waals surface area (Å²) in [5.41, 5.74) is 1.19. The highest BCUT2D eigenvalue weighted by Gasteiger charge is 2.07. The first-order valence-corrected chi connectivity index (χ1v) is 5.00. The predicted molar refractivity (Wildman–Crippen MR) is 57.8 cm³/mol. The lowest BCUT2D eigenvalue weighted by molar-refractivity contribution is 0.104. The molecule has 0 radical (unpaired) electrons. The Balaban J connectivity index is 2.73. The molecule has 2 nitrogen and oxygen atoms in total. The molecular formula is C10H14BrNO. The molecule has 72 valence electrons. The van der Waals surface area contributed by atoms with Gasteiger partial charge in [0, 0.05) is 18.1 Å². The van der Waals surface area contributed by atoms with Crippen LogP contribution in [0.3, 0.4) is 0 Å². The smallest absolute Gasteiger partial charge is 0.0945 e. The summed E-state index contributed by atoms with van der Waals surface area (Å²) in [5.74, 6) is 0. The minimum Gasteiger partial charge on any atom is -0.375 e. The second-order valence-electron chi connectivity index (χ2n) is 2.83. The molecule has 1 aromatic rings. The van der Waals surface area contributed by atoms with Crippen LogP contribution >= 0.6 is 15.9 Å². The number of methoxy groups -OCH3 is 1. The number of hydrogen-bond donors (Lipinski definition) is 1. The zero-order chi connectivity index (χ0) is 9.68. The van der Waals surface area contributed by atoms with Crippen LogP contribution < -0.4 is 5.32 Å². The average Bonchev–Trinajstić information content (AvgIpc) is 2.16. The van der Waals surface area contributed by atoms with Crippen LogP contribution in [0.4, 0.5) is 0 Å². The fourth-order valence-corrected chi connectivity index (χ4v) is 1.46. The van der Waals surface area contributed by atoms with E-state index in [4.69, 9.17) is 4.74 Å². The van der Waals surface area contributed by atoms with Gasteiger partial charge in [-0.3, -0.25) is 0 Å². The van der Waals surface area contributed by atoms with Gasteiger partial charge < -0.3 is 10.1 Å². The summed E-state index contributed by atoms with van der Waals surface area (Å²) >= 11 is 3.40. The molecule has 0 saturated carbocycles. The molecule has 0 aliphatic heterocycles. The summed E-state index contributed by atoms with van der Waals surface area (Å²) in [4.78, 5) is 0. The third-order valence-electron chi connectivity index (χ3n) is 1.92. The lowest BCUT2D eigenvalue weighted by Gasteiger charge is -2.14. The van der Waals surface area contributed by atoms with E-state index in [1.165, 1.54) is 5.56 Å². The molecule has 0 aromatic heterocycles. The maximum absolute atomic E-state index is 5.34. The van der Waals surface area contributed by atoms with Crippen molar-refractivity contribution in [2.24, 2.45) is 0 Å². The quantitative estimate of drug-likeness (QED) is 0.877. The number of nitrogens with one attached hydrogen (secondary N) is 1. The number of ether oxygens (including phenoxy) is 1. The minimum atomic E-state index is 0.137. The van der Waals surface area contributed by atoms with Crippen LogP contribution in [-0.2, 0) is 4.74 Å². The van der Waals surface area contributed by atoms with E-state index in [0.29, 0.717) is 0 Å². The summed E-state index contributed by atoms with van der Waals surface area (Å²) < 4.78 is 6.43. The topological polar surface area (TPSA) is 21.3 Å². The van der Waals surface area contributed by atoms with Crippen LogP contribution in [0.2, 0.25) is 0 Å². The second-order valence-corrected chi connectivity index (χ2v) is 3.75. The monoisotopic (exact) mass is 243 g/mol. The summed E-state index contributed by atoms with van der Waals surface area (Å²) in [6.07, 6.45) is 0.137. The predicted octanol–water partition coefficient (Wildman–Crippen LogP) is 2.36. The Morgan fingerprint density at radius 3 is 2.46 bits per heavy atom. The van der Waals surface area contributed by atoms with E-state index in [1.807, 2.05) is 19.2 Å². The normalized spacial score (nSPS) is 12.8. The highest BCUT2D eigenvalue weighted by molar-refractivity contribution is 9.10. The van der Waals surface area contributed by atoms with Crippen LogP contribution in [0.25, 0.3) is 0 Å². The van der Waals surface area contributed by atoms with Gasteiger partial charge in [-0.05, 0) is 24.7 Å². The fraction of sp³-hybridized carbons (Fsp3) is 0.400. The third-order valence-corrected chi connectivity index (χ3v) is 2.44. The van der Waals surface area contributed by atoms with Crippen LogP contribution in [0.1, 0.15) is 11.7 Å². The Morgan fingerprint density at radius 2 is 2.00 bits per heavy atom. The molecule has 0 spiro atoms. The van der Waals surface area contributed by atoms with Crippen molar-refractivity contribution in [2.45, 2.75) is 6.10 Å². The molecule has 1 N–H and O–H groups in total. The van der Waals surface area contributed by atoms with Crippen molar-refractivity contribution >= 4 is 15.9 Å². The number of likely N-dealkylation sites (N-methyl/N-ethyl adjacent to an activating group) is 1. The van der Waals surface area contributed by atoms with Gasteiger partial charge in [-0.25, -0.2) is 0 Å². The third kappa shape index (κ3) is 3.10. The second kappa shape index (κ2) is 5.37. The van der Waals surface area contributed by atoms with Crippen LogP contribution in [0.15, 0.2) is 28.7 Å². The SMILES string of the molecule is CNC[C@H](OC)c1ccc(Br)cc1. The summed E-state index contributed by atoms with van der Waals surface area (Å²) in [6, 6.07) is 8.18. The van der Waals surface area contributed by atoms with Gasteiger partial charge in [-0.2, -0.15) is 0 Å². The van der Waals surface area contributed by atoms with Gasteiger partial charge >= 0.3 is 0 Å². The Labute approximate surface area is 87.4 Å². The molecule has 0 heterocycles. The van der Waals surface area contributed by atoms with Crippen molar-refractivity contribution < 1.29 is 4.74 Å². The van der Waals surface area contributed by atoms with Gasteiger partial charge in [0.2, 0.25) is 0 Å². The first-order chi connectivity index (χ1) is 6.27. The largest absolute Gasteiger partial charge is 0.375 e. The van der Waals surface area contributed by atoms with Gasteiger partial charge in [-0.15, -0.1) is 0 Å².